The van der Waals surface area contributed by atoms with Gasteiger partial charge in [0.2, 0.25) is 5.91 Å². The SMILES string of the molecule is Cc1nn(-c2ccccc2)c(C)c1[C@H]1C(=O)NCCN1C(=O)NCCc1ccc(F)cc1. The Morgan fingerprint density at radius 3 is 2.59 bits per heavy atom. The lowest BCUT2D eigenvalue weighted by Gasteiger charge is -2.35. The zero-order valence-corrected chi connectivity index (χ0v) is 18.1. The van der Waals surface area contributed by atoms with Crippen LogP contribution in [0, 0.1) is 19.7 Å². The van der Waals surface area contributed by atoms with Crippen LogP contribution in [-0.2, 0) is 11.2 Å². The molecule has 4 rings (SSSR count). The van der Waals surface area contributed by atoms with E-state index in [-0.39, 0.29) is 17.8 Å². The highest BCUT2D eigenvalue weighted by Crippen LogP contribution is 2.30. The number of aromatic nitrogens is 2. The monoisotopic (exact) mass is 435 g/mol. The van der Waals surface area contributed by atoms with E-state index >= 15 is 0 Å². The third-order valence-electron chi connectivity index (χ3n) is 5.70. The molecule has 0 bridgehead atoms. The molecule has 2 aromatic carbocycles. The number of piperazine rings is 1. The highest BCUT2D eigenvalue weighted by Gasteiger charge is 2.38. The zero-order valence-electron chi connectivity index (χ0n) is 18.1. The predicted molar refractivity (Wildman–Crippen MR) is 119 cm³/mol. The highest BCUT2D eigenvalue weighted by molar-refractivity contribution is 5.89. The fourth-order valence-electron chi connectivity index (χ4n) is 4.11. The predicted octanol–water partition coefficient (Wildman–Crippen LogP) is 3.05. The van der Waals surface area contributed by atoms with Crippen LogP contribution in [0.3, 0.4) is 0 Å². The van der Waals surface area contributed by atoms with Crippen molar-refractivity contribution in [2.24, 2.45) is 0 Å². The summed E-state index contributed by atoms with van der Waals surface area (Å²) >= 11 is 0. The molecule has 1 saturated heterocycles. The Bertz CT molecular complexity index is 1110. The van der Waals surface area contributed by atoms with Crippen molar-refractivity contribution in [3.05, 3.63) is 82.9 Å². The van der Waals surface area contributed by atoms with Gasteiger partial charge in [-0.05, 0) is 50.1 Å². The lowest BCUT2D eigenvalue weighted by Crippen LogP contribution is -2.55. The van der Waals surface area contributed by atoms with E-state index in [9.17, 15) is 14.0 Å². The number of carbonyl (C=O) groups is 2. The van der Waals surface area contributed by atoms with Gasteiger partial charge >= 0.3 is 6.03 Å². The second kappa shape index (κ2) is 9.21. The summed E-state index contributed by atoms with van der Waals surface area (Å²) in [7, 11) is 0. The zero-order chi connectivity index (χ0) is 22.7. The average Bonchev–Trinajstić information content (AvgIpc) is 3.09. The second-order valence-corrected chi connectivity index (χ2v) is 7.83. The fourth-order valence-corrected chi connectivity index (χ4v) is 4.11. The molecule has 166 valence electrons. The summed E-state index contributed by atoms with van der Waals surface area (Å²) < 4.78 is 14.9. The summed E-state index contributed by atoms with van der Waals surface area (Å²) in [5.41, 5.74) is 4.08. The van der Waals surface area contributed by atoms with Crippen LogP contribution in [0.1, 0.15) is 28.6 Å². The Morgan fingerprint density at radius 1 is 1.16 bits per heavy atom. The van der Waals surface area contributed by atoms with Gasteiger partial charge in [0.25, 0.3) is 0 Å². The summed E-state index contributed by atoms with van der Waals surface area (Å²) in [5, 5.41) is 10.4. The second-order valence-electron chi connectivity index (χ2n) is 7.83. The van der Waals surface area contributed by atoms with Crippen molar-refractivity contribution in [2.45, 2.75) is 26.3 Å². The van der Waals surface area contributed by atoms with Gasteiger partial charge < -0.3 is 15.5 Å². The molecule has 2 N–H and O–H groups in total. The van der Waals surface area contributed by atoms with Gasteiger partial charge in [-0.3, -0.25) is 4.79 Å². The first-order chi connectivity index (χ1) is 15.5. The minimum Gasteiger partial charge on any atom is -0.352 e. The Balaban J connectivity index is 1.54. The highest BCUT2D eigenvalue weighted by atomic mass is 19.1. The van der Waals surface area contributed by atoms with Gasteiger partial charge in [-0.1, -0.05) is 30.3 Å². The molecule has 3 amide bonds. The number of benzene rings is 2. The van der Waals surface area contributed by atoms with Crippen molar-refractivity contribution < 1.29 is 14.0 Å². The van der Waals surface area contributed by atoms with Crippen molar-refractivity contribution in [2.75, 3.05) is 19.6 Å². The number of nitrogens with zero attached hydrogens (tertiary/aromatic N) is 3. The molecule has 1 aliphatic heterocycles. The number of amides is 3. The molecule has 1 fully saturated rings. The van der Waals surface area contributed by atoms with Crippen molar-refractivity contribution in [1.82, 2.24) is 25.3 Å². The molecule has 0 unspecified atom stereocenters. The summed E-state index contributed by atoms with van der Waals surface area (Å²) in [4.78, 5) is 27.5. The van der Waals surface area contributed by atoms with Crippen molar-refractivity contribution >= 4 is 11.9 Å². The molecular formula is C24H26FN5O2. The van der Waals surface area contributed by atoms with E-state index in [2.05, 4.69) is 15.7 Å². The molecule has 0 saturated carbocycles. The largest absolute Gasteiger partial charge is 0.352 e. The van der Waals surface area contributed by atoms with Crippen LogP contribution in [0.5, 0.6) is 0 Å². The number of halogens is 1. The van der Waals surface area contributed by atoms with E-state index in [0.717, 1.165) is 22.5 Å². The normalized spacial score (nSPS) is 16.0. The van der Waals surface area contributed by atoms with Gasteiger partial charge in [0.05, 0.1) is 11.4 Å². The van der Waals surface area contributed by atoms with Gasteiger partial charge in [0, 0.05) is 30.9 Å². The molecule has 1 aliphatic rings. The summed E-state index contributed by atoms with van der Waals surface area (Å²) in [6.07, 6.45) is 0.570. The van der Waals surface area contributed by atoms with Crippen molar-refractivity contribution in [1.29, 1.82) is 0 Å². The quantitative estimate of drug-likeness (QED) is 0.647. The number of carbonyl (C=O) groups excluding carboxylic acids is 2. The van der Waals surface area contributed by atoms with E-state index in [1.165, 1.54) is 12.1 Å². The van der Waals surface area contributed by atoms with Gasteiger partial charge in [-0.15, -0.1) is 0 Å². The van der Waals surface area contributed by atoms with E-state index in [4.69, 9.17) is 0 Å². The molecule has 1 aromatic heterocycles. The molecule has 2 heterocycles. The van der Waals surface area contributed by atoms with Gasteiger partial charge in [0.15, 0.2) is 0 Å². The molecule has 8 heteroatoms. The molecular weight excluding hydrogens is 409 g/mol. The molecule has 3 aromatic rings. The third-order valence-corrected chi connectivity index (χ3v) is 5.70. The lowest BCUT2D eigenvalue weighted by atomic mass is 10.0. The molecule has 0 spiro atoms. The summed E-state index contributed by atoms with van der Waals surface area (Å²) in [5.74, 6) is -0.509. The minimum absolute atomic E-state index is 0.219. The molecule has 32 heavy (non-hydrogen) atoms. The molecule has 7 nitrogen and oxygen atoms in total. The number of nitrogens with one attached hydrogen (secondary N) is 2. The lowest BCUT2D eigenvalue weighted by molar-refractivity contribution is -0.127. The standard InChI is InChI=1S/C24H26FN5O2/c1-16-21(17(2)30(28-16)20-6-4-3-5-7-20)22-23(31)26-14-15-29(22)24(32)27-13-12-18-8-10-19(25)11-9-18/h3-11,22H,12-15H2,1-2H3,(H,26,31)(H,27,32)/t22-/m0/s1. The van der Waals surface area contributed by atoms with Crippen LogP contribution >= 0.6 is 0 Å². The van der Waals surface area contributed by atoms with E-state index < -0.39 is 6.04 Å². The fraction of sp³-hybridized carbons (Fsp3) is 0.292. The van der Waals surface area contributed by atoms with Gasteiger partial charge in [0.1, 0.15) is 11.9 Å². The average molecular weight is 436 g/mol. The van der Waals surface area contributed by atoms with E-state index in [1.54, 1.807) is 21.7 Å². The first kappa shape index (κ1) is 21.5. The van der Waals surface area contributed by atoms with Crippen molar-refractivity contribution in [3.8, 4) is 5.69 Å². The maximum atomic E-state index is 13.1. The Kier molecular flexibility index (Phi) is 6.20. The Labute approximate surface area is 186 Å². The number of hydrogen-bond donors (Lipinski definition) is 2. The number of rotatable bonds is 5. The van der Waals surface area contributed by atoms with Crippen LogP contribution in [0.2, 0.25) is 0 Å². The van der Waals surface area contributed by atoms with Crippen molar-refractivity contribution in [3.63, 3.8) is 0 Å². The maximum absolute atomic E-state index is 13.1. The maximum Gasteiger partial charge on any atom is 0.318 e. The molecule has 0 radical (unpaired) electrons. The Hall–Kier alpha value is -3.68. The molecule has 1 atom stereocenters. The first-order valence-electron chi connectivity index (χ1n) is 10.6. The molecule has 0 aliphatic carbocycles. The van der Waals surface area contributed by atoms with Gasteiger partial charge in [-0.2, -0.15) is 5.10 Å². The van der Waals surface area contributed by atoms with Gasteiger partial charge in [-0.25, -0.2) is 13.9 Å². The number of aryl methyl sites for hydroxylation is 1. The van der Waals surface area contributed by atoms with Crippen LogP contribution in [0.4, 0.5) is 9.18 Å². The summed E-state index contributed by atoms with van der Waals surface area (Å²) in [6, 6.07) is 14.8. The third kappa shape index (κ3) is 4.34. The van der Waals surface area contributed by atoms with E-state index in [0.29, 0.717) is 31.7 Å². The number of urea groups is 1. The first-order valence-corrected chi connectivity index (χ1v) is 10.6. The van der Waals surface area contributed by atoms with Crippen LogP contribution in [-0.4, -0.2) is 46.3 Å². The smallest absolute Gasteiger partial charge is 0.318 e. The minimum atomic E-state index is -0.757. The van der Waals surface area contributed by atoms with Crippen LogP contribution in [0.15, 0.2) is 54.6 Å². The number of para-hydroxylation sites is 1. The van der Waals surface area contributed by atoms with E-state index in [1.807, 2.05) is 44.2 Å². The number of hydrogen-bond acceptors (Lipinski definition) is 3. The Morgan fingerprint density at radius 2 is 1.88 bits per heavy atom. The van der Waals surface area contributed by atoms with Crippen LogP contribution < -0.4 is 10.6 Å². The topological polar surface area (TPSA) is 79.3 Å². The summed E-state index contributed by atoms with van der Waals surface area (Å²) in [6.45, 7) is 4.94. The van der Waals surface area contributed by atoms with Crippen LogP contribution in [0.25, 0.3) is 5.69 Å².